The first-order chi connectivity index (χ1) is 13.1. The molecule has 2 aromatic rings. The average molecular weight is 404 g/mol. The second kappa shape index (κ2) is 9.23. The van der Waals surface area contributed by atoms with Crippen molar-refractivity contribution in [3.63, 3.8) is 0 Å². The Morgan fingerprint density at radius 2 is 1.82 bits per heavy atom. The molecule has 1 heterocycles. The fourth-order valence-corrected chi connectivity index (χ4v) is 3.18. The smallest absolute Gasteiger partial charge is 0.321 e. The van der Waals surface area contributed by atoms with Crippen molar-refractivity contribution in [1.29, 1.82) is 0 Å². The van der Waals surface area contributed by atoms with E-state index in [1.54, 1.807) is 0 Å². The molecule has 0 fully saturated rings. The van der Waals surface area contributed by atoms with E-state index in [0.717, 1.165) is 17.8 Å². The molecule has 0 aliphatic carbocycles. The summed E-state index contributed by atoms with van der Waals surface area (Å²) in [5.41, 5.74) is 2.31. The number of imide groups is 1. The highest BCUT2D eigenvalue weighted by molar-refractivity contribution is 7.99. The molecule has 7 nitrogen and oxygen atoms in total. The molecule has 2 rings (SSSR count). The van der Waals surface area contributed by atoms with Crippen LogP contribution in [0.2, 0.25) is 0 Å². The van der Waals surface area contributed by atoms with E-state index in [4.69, 9.17) is 0 Å². The van der Waals surface area contributed by atoms with Gasteiger partial charge < -0.3 is 9.88 Å². The van der Waals surface area contributed by atoms with Gasteiger partial charge in [-0.3, -0.25) is 10.1 Å². The minimum atomic E-state index is -0.474. The van der Waals surface area contributed by atoms with Crippen LogP contribution < -0.4 is 10.6 Å². The zero-order valence-electron chi connectivity index (χ0n) is 17.4. The molecule has 0 aliphatic rings. The highest BCUT2D eigenvalue weighted by atomic mass is 32.2. The Morgan fingerprint density at radius 1 is 1.18 bits per heavy atom. The SMILES string of the molecule is CC[C@@H](C)NC(=O)NC(=O)CSc1nnc(-c2ccc(C(C)(C)C)cc2)n1C. The standard InChI is InChI=1S/C20H29N5O2S/c1-7-13(2)21-18(27)22-16(26)12-28-19-24-23-17(25(19)6)14-8-10-15(11-9-14)20(3,4)5/h8-11,13H,7,12H2,1-6H3,(H2,21,22,26,27)/t13-/m1/s1. The fourth-order valence-electron chi connectivity index (χ4n) is 2.47. The van der Waals surface area contributed by atoms with Crippen molar-refractivity contribution in [3.05, 3.63) is 29.8 Å². The number of amides is 3. The Kier molecular flexibility index (Phi) is 7.23. The first kappa shape index (κ1) is 21.9. The lowest BCUT2D eigenvalue weighted by Crippen LogP contribution is -2.43. The molecule has 0 saturated heterocycles. The molecule has 0 radical (unpaired) electrons. The lowest BCUT2D eigenvalue weighted by Gasteiger charge is -2.19. The van der Waals surface area contributed by atoms with Crippen molar-refractivity contribution in [2.45, 2.75) is 57.7 Å². The van der Waals surface area contributed by atoms with Crippen LogP contribution in [0.5, 0.6) is 0 Å². The predicted molar refractivity (Wildman–Crippen MR) is 112 cm³/mol. The van der Waals surface area contributed by atoms with Gasteiger partial charge in [-0.2, -0.15) is 0 Å². The minimum absolute atomic E-state index is 0.0198. The van der Waals surface area contributed by atoms with Gasteiger partial charge in [0.15, 0.2) is 11.0 Å². The molecule has 0 spiro atoms. The van der Waals surface area contributed by atoms with Crippen LogP contribution in [-0.2, 0) is 17.3 Å². The summed E-state index contributed by atoms with van der Waals surface area (Å²) >= 11 is 1.24. The summed E-state index contributed by atoms with van der Waals surface area (Å²) in [6.07, 6.45) is 0.800. The lowest BCUT2D eigenvalue weighted by molar-refractivity contribution is -0.117. The molecule has 0 aliphatic heterocycles. The predicted octanol–water partition coefficient (Wildman–Crippen LogP) is 3.50. The van der Waals surface area contributed by atoms with Gasteiger partial charge in [-0.1, -0.05) is 63.7 Å². The number of benzene rings is 1. The Labute approximate surface area is 170 Å². The Morgan fingerprint density at radius 3 is 2.39 bits per heavy atom. The molecule has 1 aromatic heterocycles. The Hall–Kier alpha value is -2.35. The Bertz CT molecular complexity index is 824. The van der Waals surface area contributed by atoms with Crippen LogP contribution in [0.25, 0.3) is 11.4 Å². The van der Waals surface area contributed by atoms with E-state index in [2.05, 4.69) is 53.7 Å². The van der Waals surface area contributed by atoms with Crippen molar-refractivity contribution in [1.82, 2.24) is 25.4 Å². The average Bonchev–Trinajstić information content (AvgIpc) is 2.99. The molecular formula is C20H29N5O2S. The van der Waals surface area contributed by atoms with Crippen LogP contribution >= 0.6 is 11.8 Å². The van der Waals surface area contributed by atoms with E-state index < -0.39 is 6.03 Å². The second-order valence-corrected chi connectivity index (χ2v) is 8.75. The van der Waals surface area contributed by atoms with Crippen molar-refractivity contribution in [2.24, 2.45) is 7.05 Å². The summed E-state index contributed by atoms with van der Waals surface area (Å²) in [6.45, 7) is 10.4. The third kappa shape index (κ3) is 5.82. The van der Waals surface area contributed by atoms with Crippen LogP contribution in [0.3, 0.4) is 0 Å². The zero-order chi connectivity index (χ0) is 20.9. The van der Waals surface area contributed by atoms with Crippen LogP contribution in [0.4, 0.5) is 4.79 Å². The highest BCUT2D eigenvalue weighted by Gasteiger charge is 2.17. The van der Waals surface area contributed by atoms with E-state index in [1.165, 1.54) is 17.3 Å². The number of nitrogens with zero attached hydrogens (tertiary/aromatic N) is 3. The number of hydrogen-bond acceptors (Lipinski definition) is 5. The largest absolute Gasteiger partial charge is 0.335 e. The maximum Gasteiger partial charge on any atom is 0.321 e. The van der Waals surface area contributed by atoms with Gasteiger partial charge in [0.05, 0.1) is 5.75 Å². The maximum absolute atomic E-state index is 12.0. The van der Waals surface area contributed by atoms with Gasteiger partial charge in [0.25, 0.3) is 0 Å². The molecule has 152 valence electrons. The van der Waals surface area contributed by atoms with E-state index in [0.29, 0.717) is 5.16 Å². The van der Waals surface area contributed by atoms with Crippen LogP contribution in [0.15, 0.2) is 29.4 Å². The summed E-state index contributed by atoms with van der Waals surface area (Å²) in [7, 11) is 1.86. The van der Waals surface area contributed by atoms with Gasteiger partial charge in [0, 0.05) is 18.7 Å². The quantitative estimate of drug-likeness (QED) is 0.721. The summed E-state index contributed by atoms with van der Waals surface area (Å²) in [6, 6.07) is 7.81. The molecule has 8 heteroatoms. The van der Waals surface area contributed by atoms with Gasteiger partial charge in [-0.05, 0) is 24.3 Å². The van der Waals surface area contributed by atoms with Crippen LogP contribution in [0.1, 0.15) is 46.6 Å². The van der Waals surface area contributed by atoms with Crippen molar-refractivity contribution in [2.75, 3.05) is 5.75 Å². The van der Waals surface area contributed by atoms with E-state index in [-0.39, 0.29) is 23.1 Å². The molecule has 0 unspecified atom stereocenters. The number of carbonyl (C=O) groups is 2. The molecule has 3 amide bonds. The molecular weight excluding hydrogens is 374 g/mol. The number of nitrogens with one attached hydrogen (secondary N) is 2. The summed E-state index contributed by atoms with van der Waals surface area (Å²) in [5, 5.41) is 14.1. The number of thioether (sulfide) groups is 1. The monoisotopic (exact) mass is 403 g/mol. The van der Waals surface area contributed by atoms with Gasteiger partial charge in [0.2, 0.25) is 5.91 Å². The molecule has 28 heavy (non-hydrogen) atoms. The van der Waals surface area contributed by atoms with E-state index >= 15 is 0 Å². The number of carbonyl (C=O) groups excluding carboxylic acids is 2. The van der Waals surface area contributed by atoms with Crippen LogP contribution in [-0.4, -0.2) is 38.5 Å². The fraction of sp³-hybridized carbons (Fsp3) is 0.500. The number of rotatable bonds is 6. The summed E-state index contributed by atoms with van der Waals surface area (Å²) < 4.78 is 1.85. The Balaban J connectivity index is 1.98. The van der Waals surface area contributed by atoms with Crippen molar-refractivity contribution >= 4 is 23.7 Å². The zero-order valence-corrected chi connectivity index (χ0v) is 18.2. The van der Waals surface area contributed by atoms with Crippen molar-refractivity contribution < 1.29 is 9.59 Å². The number of urea groups is 1. The van der Waals surface area contributed by atoms with Crippen LogP contribution in [0, 0.1) is 0 Å². The molecule has 0 saturated carbocycles. The van der Waals surface area contributed by atoms with Gasteiger partial charge in [-0.15, -0.1) is 10.2 Å². The van der Waals surface area contributed by atoms with Gasteiger partial charge >= 0.3 is 6.03 Å². The lowest BCUT2D eigenvalue weighted by atomic mass is 9.87. The van der Waals surface area contributed by atoms with E-state index in [9.17, 15) is 9.59 Å². The molecule has 2 N–H and O–H groups in total. The minimum Gasteiger partial charge on any atom is -0.335 e. The number of aromatic nitrogens is 3. The first-order valence-electron chi connectivity index (χ1n) is 9.35. The summed E-state index contributed by atoms with van der Waals surface area (Å²) in [5.74, 6) is 0.450. The molecule has 0 bridgehead atoms. The topological polar surface area (TPSA) is 88.9 Å². The van der Waals surface area contributed by atoms with Crippen molar-refractivity contribution in [3.8, 4) is 11.4 Å². The van der Waals surface area contributed by atoms with E-state index in [1.807, 2.05) is 37.6 Å². The normalized spacial score (nSPS) is 12.5. The number of hydrogen-bond donors (Lipinski definition) is 2. The molecule has 1 aromatic carbocycles. The van der Waals surface area contributed by atoms with Gasteiger partial charge in [-0.25, -0.2) is 4.79 Å². The maximum atomic E-state index is 12.0. The second-order valence-electron chi connectivity index (χ2n) is 7.81. The first-order valence-corrected chi connectivity index (χ1v) is 10.3. The third-order valence-electron chi connectivity index (χ3n) is 4.42. The summed E-state index contributed by atoms with van der Waals surface area (Å²) in [4.78, 5) is 23.7. The molecule has 1 atom stereocenters. The highest BCUT2D eigenvalue weighted by Crippen LogP contribution is 2.26. The van der Waals surface area contributed by atoms with Gasteiger partial charge in [0.1, 0.15) is 0 Å². The third-order valence-corrected chi connectivity index (χ3v) is 5.44.